The number of carbonyl (C=O) groups excluding carboxylic acids is 1. The maximum absolute atomic E-state index is 14.2. The summed E-state index contributed by atoms with van der Waals surface area (Å²) < 4.78 is 54.0. The van der Waals surface area contributed by atoms with E-state index in [9.17, 15) is 32.9 Å². The van der Waals surface area contributed by atoms with E-state index in [-0.39, 0.29) is 54.6 Å². The number of nitro benzene ring substituents is 1. The molecule has 2 heterocycles. The number of halogens is 5. The minimum Gasteiger partial charge on any atom is -0.486 e. The third kappa shape index (κ3) is 5.69. The van der Waals surface area contributed by atoms with E-state index >= 15 is 0 Å². The average molecular weight is 661 g/mol. The monoisotopic (exact) mass is 659 g/mol. The van der Waals surface area contributed by atoms with Crippen LogP contribution in [0, 0.1) is 10.1 Å². The number of hydrogen-bond acceptors (Lipinski definition) is 8. The molecule has 0 radical (unpaired) electrons. The van der Waals surface area contributed by atoms with Gasteiger partial charge in [-0.3, -0.25) is 19.5 Å². The van der Waals surface area contributed by atoms with Gasteiger partial charge in [0.15, 0.2) is 10.5 Å². The summed E-state index contributed by atoms with van der Waals surface area (Å²) in [4.78, 5) is 40.9. The van der Waals surface area contributed by atoms with Gasteiger partial charge in [0.2, 0.25) is 5.75 Å². The molecule has 0 amide bonds. The lowest BCUT2D eigenvalue weighted by Crippen LogP contribution is -2.41. The zero-order valence-electron chi connectivity index (χ0n) is 20.6. The van der Waals surface area contributed by atoms with Crippen LogP contribution in [0.5, 0.6) is 5.75 Å². The molecule has 0 aliphatic carbocycles. The summed E-state index contributed by atoms with van der Waals surface area (Å²) in [6.07, 6.45) is -3.76. The van der Waals surface area contributed by atoms with Crippen molar-refractivity contribution in [2.75, 3.05) is 13.2 Å². The molecule has 0 saturated heterocycles. The van der Waals surface area contributed by atoms with E-state index in [4.69, 9.17) is 21.1 Å². The molecule has 4 rings (SSSR count). The number of nitrogens with zero attached hydrogens (tertiary/aromatic N) is 3. The van der Waals surface area contributed by atoms with Crippen LogP contribution in [0.15, 0.2) is 61.9 Å². The summed E-state index contributed by atoms with van der Waals surface area (Å²) in [5, 5.41) is 11.9. The molecule has 0 N–H and O–H groups in total. The van der Waals surface area contributed by atoms with Crippen LogP contribution >= 0.6 is 38.9 Å². The van der Waals surface area contributed by atoms with Crippen LogP contribution in [0.2, 0.25) is 5.02 Å². The van der Waals surface area contributed by atoms with Crippen molar-refractivity contribution >= 4 is 56.6 Å². The Labute approximate surface area is 241 Å². The van der Waals surface area contributed by atoms with Crippen molar-refractivity contribution in [2.24, 2.45) is 4.99 Å². The predicted octanol–water partition coefficient (Wildman–Crippen LogP) is 5.06. The summed E-state index contributed by atoms with van der Waals surface area (Å²) >= 11 is 9.84. The van der Waals surface area contributed by atoms with Crippen molar-refractivity contribution in [3.8, 4) is 5.75 Å². The van der Waals surface area contributed by atoms with Crippen molar-refractivity contribution in [3.05, 3.63) is 98.1 Å². The van der Waals surface area contributed by atoms with Gasteiger partial charge in [0.05, 0.1) is 38.8 Å². The first-order chi connectivity index (χ1) is 18.9. The highest BCUT2D eigenvalue weighted by molar-refractivity contribution is 9.10. The van der Waals surface area contributed by atoms with Gasteiger partial charge < -0.3 is 9.47 Å². The molecule has 1 aromatic heterocycles. The fourth-order valence-corrected chi connectivity index (χ4v) is 5.77. The van der Waals surface area contributed by atoms with Crippen molar-refractivity contribution in [3.63, 3.8) is 0 Å². The van der Waals surface area contributed by atoms with Crippen LogP contribution in [0.3, 0.4) is 0 Å². The molecule has 15 heteroatoms. The van der Waals surface area contributed by atoms with Gasteiger partial charge in [0.25, 0.3) is 5.56 Å². The third-order valence-electron chi connectivity index (χ3n) is 5.61. The highest BCUT2D eigenvalue weighted by Crippen LogP contribution is 2.39. The number of nitro groups is 1. The van der Waals surface area contributed by atoms with Crippen LogP contribution in [-0.4, -0.2) is 34.8 Å². The fourth-order valence-electron chi connectivity index (χ4n) is 4.06. The molecule has 210 valence electrons. The van der Waals surface area contributed by atoms with Crippen molar-refractivity contribution in [1.82, 2.24) is 4.57 Å². The molecule has 3 aromatic rings. The minimum atomic E-state index is -5.05. The highest BCUT2D eigenvalue weighted by atomic mass is 79.9. The lowest BCUT2D eigenvalue weighted by atomic mass is 9.95. The molecular formula is C25H18BrClF3N3O6S. The smallest absolute Gasteiger partial charge is 0.434 e. The molecule has 2 aromatic carbocycles. The number of rotatable bonds is 7. The number of allylic oxidation sites excluding steroid dienone is 1. The summed E-state index contributed by atoms with van der Waals surface area (Å²) in [6.45, 7) is 3.04. The second-order valence-corrected chi connectivity index (χ2v) is 10.5. The average Bonchev–Trinajstić information content (AvgIpc) is 3.19. The van der Waals surface area contributed by atoms with Gasteiger partial charge in [-0.15, -0.1) is 0 Å². The molecular weight excluding hydrogens is 643 g/mol. The number of hydrogen-bond donors (Lipinski definition) is 0. The van der Waals surface area contributed by atoms with E-state index in [0.29, 0.717) is 11.3 Å². The van der Waals surface area contributed by atoms with Crippen LogP contribution in [0.4, 0.5) is 18.9 Å². The van der Waals surface area contributed by atoms with E-state index in [1.807, 2.05) is 0 Å². The SMILES string of the molecule is CCOC(=O)C1=C(C(F)(F)F)N=c2s/c(=C\c3cc(Br)c(OCC)c([N+](=O)[O-])c3)c(=O)n2[C@H]1c1ccc(Cl)cc1. The van der Waals surface area contributed by atoms with Crippen molar-refractivity contribution in [1.29, 1.82) is 0 Å². The highest BCUT2D eigenvalue weighted by Gasteiger charge is 2.45. The minimum absolute atomic E-state index is 0.0113. The van der Waals surface area contributed by atoms with Gasteiger partial charge in [-0.2, -0.15) is 13.2 Å². The Morgan fingerprint density at radius 1 is 1.25 bits per heavy atom. The third-order valence-corrected chi connectivity index (χ3v) is 7.43. The van der Waals surface area contributed by atoms with Gasteiger partial charge in [0.1, 0.15) is 0 Å². The maximum Gasteiger partial charge on any atom is 0.434 e. The molecule has 0 fully saturated rings. The van der Waals surface area contributed by atoms with Crippen LogP contribution < -0.4 is 19.6 Å². The Kier molecular flexibility index (Phi) is 8.52. The summed E-state index contributed by atoms with van der Waals surface area (Å²) in [6, 6.07) is 6.74. The molecule has 1 aliphatic rings. The zero-order valence-corrected chi connectivity index (χ0v) is 23.8. The molecule has 0 spiro atoms. The standard InChI is InChI=1S/C25H18BrClF3N3O6S/c1-3-38-20-15(26)9-12(10-16(20)33(36)37)11-17-22(34)32-19(13-5-7-14(27)8-6-13)18(23(35)39-4-2)21(25(28,29)30)31-24(32)40-17/h5-11,19H,3-4H2,1-2H3/b17-11-/t19-/m0/s1. The zero-order chi connectivity index (χ0) is 29.4. The lowest BCUT2D eigenvalue weighted by Gasteiger charge is -2.26. The topological polar surface area (TPSA) is 113 Å². The first-order valence-electron chi connectivity index (χ1n) is 11.5. The maximum atomic E-state index is 14.2. The number of fused-ring (bicyclic) bond motifs is 1. The summed E-state index contributed by atoms with van der Waals surface area (Å²) in [5.41, 5.74) is -3.11. The molecule has 40 heavy (non-hydrogen) atoms. The molecule has 9 nitrogen and oxygen atoms in total. The molecule has 1 atom stereocenters. The number of ether oxygens (including phenoxy) is 2. The van der Waals surface area contributed by atoms with Gasteiger partial charge >= 0.3 is 17.8 Å². The van der Waals surface area contributed by atoms with Gasteiger partial charge in [-0.25, -0.2) is 9.79 Å². The Morgan fingerprint density at radius 3 is 2.50 bits per heavy atom. The second-order valence-electron chi connectivity index (χ2n) is 8.16. The molecule has 1 aliphatic heterocycles. The number of aromatic nitrogens is 1. The van der Waals surface area contributed by atoms with E-state index in [2.05, 4.69) is 20.9 Å². The van der Waals surface area contributed by atoms with Gasteiger partial charge in [-0.1, -0.05) is 35.1 Å². The van der Waals surface area contributed by atoms with Crippen LogP contribution in [0.25, 0.3) is 6.08 Å². The lowest BCUT2D eigenvalue weighted by molar-refractivity contribution is -0.385. The van der Waals surface area contributed by atoms with E-state index in [1.54, 1.807) is 6.92 Å². The quantitative estimate of drug-likeness (QED) is 0.199. The normalized spacial score (nSPS) is 15.5. The Balaban J connectivity index is 2.03. The first-order valence-corrected chi connectivity index (χ1v) is 13.5. The molecule has 0 bridgehead atoms. The number of carbonyl (C=O) groups is 1. The fraction of sp³-hybridized carbons (Fsp3) is 0.240. The summed E-state index contributed by atoms with van der Waals surface area (Å²) in [5.74, 6) is -1.29. The second kappa shape index (κ2) is 11.6. The van der Waals surface area contributed by atoms with Gasteiger partial charge in [0, 0.05) is 11.1 Å². The van der Waals surface area contributed by atoms with E-state index in [0.717, 1.165) is 4.57 Å². The molecule has 0 saturated carbocycles. The van der Waals surface area contributed by atoms with Gasteiger partial charge in [-0.05, 0) is 65.2 Å². The van der Waals surface area contributed by atoms with Crippen molar-refractivity contribution in [2.45, 2.75) is 26.1 Å². The number of thiazole rings is 1. The Hall–Kier alpha value is -3.49. The number of esters is 1. The van der Waals surface area contributed by atoms with Crippen LogP contribution in [-0.2, 0) is 9.53 Å². The predicted molar refractivity (Wildman–Crippen MR) is 144 cm³/mol. The van der Waals surface area contributed by atoms with E-state index < -0.39 is 39.9 Å². The number of alkyl halides is 3. The Bertz CT molecular complexity index is 1720. The van der Waals surface area contributed by atoms with Crippen LogP contribution in [0.1, 0.15) is 31.0 Å². The summed E-state index contributed by atoms with van der Waals surface area (Å²) in [7, 11) is 0. The Morgan fingerprint density at radius 2 is 1.93 bits per heavy atom. The molecule has 0 unspecified atom stereocenters. The largest absolute Gasteiger partial charge is 0.486 e. The van der Waals surface area contributed by atoms with E-state index in [1.165, 1.54) is 49.4 Å². The number of benzene rings is 2. The van der Waals surface area contributed by atoms with Crippen molar-refractivity contribution < 1.29 is 32.4 Å². The first kappa shape index (κ1) is 29.5.